The van der Waals surface area contributed by atoms with Crippen molar-refractivity contribution in [2.24, 2.45) is 0 Å². The summed E-state index contributed by atoms with van der Waals surface area (Å²) >= 11 is 0. The number of H-pyrrole nitrogens is 1. The van der Waals surface area contributed by atoms with E-state index in [2.05, 4.69) is 51.2 Å². The molecular formula is C20H23N3O. The summed E-state index contributed by atoms with van der Waals surface area (Å²) in [5, 5.41) is 11.8. The lowest BCUT2D eigenvalue weighted by Gasteiger charge is -2.36. The predicted octanol–water partition coefficient (Wildman–Crippen LogP) is 3.02. The molecule has 4 nitrogen and oxygen atoms in total. The summed E-state index contributed by atoms with van der Waals surface area (Å²) in [4.78, 5) is 8.01. The highest BCUT2D eigenvalue weighted by Gasteiger charge is 2.21. The molecule has 2 heterocycles. The number of anilines is 1. The van der Waals surface area contributed by atoms with Crippen LogP contribution in [0.1, 0.15) is 11.7 Å². The van der Waals surface area contributed by atoms with Crippen molar-refractivity contribution in [3.8, 4) is 0 Å². The second-order valence-corrected chi connectivity index (χ2v) is 6.43. The van der Waals surface area contributed by atoms with Gasteiger partial charge in [0, 0.05) is 61.1 Å². The Labute approximate surface area is 142 Å². The van der Waals surface area contributed by atoms with Crippen LogP contribution in [0.4, 0.5) is 5.69 Å². The van der Waals surface area contributed by atoms with E-state index in [0.717, 1.165) is 42.6 Å². The number of aliphatic hydroxyl groups excluding tert-OH is 1. The summed E-state index contributed by atoms with van der Waals surface area (Å²) in [7, 11) is 0. The Hall–Kier alpha value is -2.30. The lowest BCUT2D eigenvalue weighted by molar-refractivity contribution is 0.110. The number of β-amino-alcohol motifs (C(OH)–C–C–N with tert-alkyl or cyclic N) is 1. The summed E-state index contributed by atoms with van der Waals surface area (Å²) in [5.41, 5.74) is 3.37. The molecule has 0 aliphatic carbocycles. The van der Waals surface area contributed by atoms with Crippen LogP contribution >= 0.6 is 0 Å². The van der Waals surface area contributed by atoms with Crippen molar-refractivity contribution in [2.75, 3.05) is 37.6 Å². The zero-order valence-electron chi connectivity index (χ0n) is 13.7. The molecule has 1 aromatic heterocycles. The van der Waals surface area contributed by atoms with Gasteiger partial charge in [-0.15, -0.1) is 0 Å². The molecule has 0 radical (unpaired) electrons. The normalized spacial score (nSPS) is 17.3. The number of hydrogen-bond donors (Lipinski definition) is 2. The van der Waals surface area contributed by atoms with Crippen LogP contribution in [0.5, 0.6) is 0 Å². The van der Waals surface area contributed by atoms with Crippen molar-refractivity contribution in [3.05, 3.63) is 66.4 Å². The summed E-state index contributed by atoms with van der Waals surface area (Å²) in [6.07, 6.45) is 1.49. The van der Waals surface area contributed by atoms with Crippen molar-refractivity contribution in [1.82, 2.24) is 9.88 Å². The topological polar surface area (TPSA) is 42.5 Å². The molecule has 0 amide bonds. The molecule has 2 aromatic carbocycles. The van der Waals surface area contributed by atoms with Gasteiger partial charge < -0.3 is 15.0 Å². The second-order valence-electron chi connectivity index (χ2n) is 6.43. The maximum atomic E-state index is 10.7. The van der Waals surface area contributed by atoms with Crippen LogP contribution in [0.15, 0.2) is 60.8 Å². The molecule has 24 heavy (non-hydrogen) atoms. The molecule has 124 valence electrons. The van der Waals surface area contributed by atoms with Gasteiger partial charge in [-0.1, -0.05) is 36.4 Å². The van der Waals surface area contributed by atoms with E-state index in [1.165, 1.54) is 5.69 Å². The number of hydrogen-bond acceptors (Lipinski definition) is 3. The van der Waals surface area contributed by atoms with Crippen LogP contribution in [0.25, 0.3) is 10.9 Å². The Morgan fingerprint density at radius 2 is 1.62 bits per heavy atom. The molecule has 1 fully saturated rings. The van der Waals surface area contributed by atoms with Crippen molar-refractivity contribution < 1.29 is 5.11 Å². The first kappa shape index (κ1) is 15.2. The molecule has 4 heteroatoms. The average molecular weight is 321 g/mol. The number of para-hydroxylation sites is 2. The highest BCUT2D eigenvalue weighted by atomic mass is 16.3. The number of fused-ring (bicyclic) bond motifs is 1. The van der Waals surface area contributed by atoms with Crippen molar-refractivity contribution in [1.29, 1.82) is 0 Å². The molecule has 2 N–H and O–H groups in total. The van der Waals surface area contributed by atoms with Crippen molar-refractivity contribution in [2.45, 2.75) is 6.10 Å². The fourth-order valence-corrected chi connectivity index (χ4v) is 3.54. The van der Waals surface area contributed by atoms with E-state index in [1.807, 2.05) is 24.4 Å². The van der Waals surface area contributed by atoms with Gasteiger partial charge in [0.1, 0.15) is 0 Å². The van der Waals surface area contributed by atoms with E-state index >= 15 is 0 Å². The number of aliphatic hydroxyl groups is 1. The number of benzene rings is 2. The number of rotatable bonds is 4. The summed E-state index contributed by atoms with van der Waals surface area (Å²) in [6.45, 7) is 4.66. The molecule has 0 spiro atoms. The quantitative estimate of drug-likeness (QED) is 0.776. The van der Waals surface area contributed by atoms with Crippen LogP contribution in [-0.2, 0) is 0 Å². The van der Waals surface area contributed by atoms with Crippen LogP contribution in [-0.4, -0.2) is 47.7 Å². The van der Waals surface area contributed by atoms with Crippen molar-refractivity contribution >= 4 is 16.6 Å². The molecule has 0 saturated carbocycles. The van der Waals surface area contributed by atoms with Gasteiger partial charge >= 0.3 is 0 Å². The van der Waals surface area contributed by atoms with Gasteiger partial charge in [-0.2, -0.15) is 0 Å². The Bertz CT molecular complexity index is 791. The van der Waals surface area contributed by atoms with Crippen molar-refractivity contribution in [3.63, 3.8) is 0 Å². The molecule has 1 aliphatic rings. The number of aromatic amines is 1. The van der Waals surface area contributed by atoms with Gasteiger partial charge in [0.15, 0.2) is 0 Å². The van der Waals surface area contributed by atoms with Gasteiger partial charge in [-0.05, 0) is 18.2 Å². The molecule has 0 unspecified atom stereocenters. The van der Waals surface area contributed by atoms with Crippen LogP contribution < -0.4 is 4.90 Å². The summed E-state index contributed by atoms with van der Waals surface area (Å²) in [5.74, 6) is 0. The molecule has 3 aromatic rings. The van der Waals surface area contributed by atoms with Gasteiger partial charge in [-0.25, -0.2) is 0 Å². The monoisotopic (exact) mass is 321 g/mol. The Kier molecular flexibility index (Phi) is 4.24. The van der Waals surface area contributed by atoms with Gasteiger partial charge in [0.05, 0.1) is 6.10 Å². The van der Waals surface area contributed by atoms with Crippen LogP contribution in [0, 0.1) is 0 Å². The summed E-state index contributed by atoms with van der Waals surface area (Å²) in [6, 6.07) is 18.7. The first-order chi connectivity index (χ1) is 11.8. The standard InChI is InChI=1S/C20H23N3O/c24-20(18-14-21-19-9-5-4-8-17(18)19)15-22-10-12-23(13-11-22)16-6-2-1-3-7-16/h1-9,14,20-21,24H,10-13,15H2/t20-/m1/s1. The van der Waals surface area contributed by atoms with E-state index < -0.39 is 6.10 Å². The first-order valence-electron chi connectivity index (χ1n) is 8.58. The fourth-order valence-electron chi connectivity index (χ4n) is 3.54. The molecule has 1 atom stereocenters. The maximum absolute atomic E-state index is 10.7. The number of aromatic nitrogens is 1. The van der Waals surface area contributed by atoms with Gasteiger partial charge in [0.2, 0.25) is 0 Å². The molecular weight excluding hydrogens is 298 g/mol. The highest BCUT2D eigenvalue weighted by Crippen LogP contribution is 2.25. The molecule has 1 aliphatic heterocycles. The third-order valence-electron chi connectivity index (χ3n) is 4.91. The average Bonchev–Trinajstić information content (AvgIpc) is 3.07. The Morgan fingerprint density at radius 3 is 2.42 bits per heavy atom. The molecule has 4 rings (SSSR count). The Balaban J connectivity index is 1.38. The van der Waals surface area contributed by atoms with Crippen LogP contribution in [0.3, 0.4) is 0 Å². The highest BCUT2D eigenvalue weighted by molar-refractivity contribution is 5.83. The minimum absolute atomic E-state index is 0.454. The molecule has 1 saturated heterocycles. The lowest BCUT2D eigenvalue weighted by Crippen LogP contribution is -2.47. The molecule has 0 bridgehead atoms. The number of piperazine rings is 1. The number of nitrogens with one attached hydrogen (secondary N) is 1. The maximum Gasteiger partial charge on any atom is 0.0937 e. The third-order valence-corrected chi connectivity index (χ3v) is 4.91. The minimum atomic E-state index is -0.454. The SMILES string of the molecule is O[C@H](CN1CCN(c2ccccc2)CC1)c1c[nH]c2ccccc12. The zero-order chi connectivity index (χ0) is 16.4. The smallest absolute Gasteiger partial charge is 0.0937 e. The fraction of sp³-hybridized carbons (Fsp3) is 0.300. The summed E-state index contributed by atoms with van der Waals surface area (Å²) < 4.78 is 0. The van der Waals surface area contributed by atoms with E-state index in [0.29, 0.717) is 6.54 Å². The van der Waals surface area contributed by atoms with Gasteiger partial charge in [0.25, 0.3) is 0 Å². The second kappa shape index (κ2) is 6.67. The predicted molar refractivity (Wildman–Crippen MR) is 98.4 cm³/mol. The number of nitrogens with zero attached hydrogens (tertiary/aromatic N) is 2. The van der Waals surface area contributed by atoms with E-state index in [-0.39, 0.29) is 0 Å². The Morgan fingerprint density at radius 1 is 0.917 bits per heavy atom. The third kappa shape index (κ3) is 3.03. The minimum Gasteiger partial charge on any atom is -0.387 e. The van der Waals surface area contributed by atoms with E-state index in [1.54, 1.807) is 0 Å². The van der Waals surface area contributed by atoms with E-state index in [9.17, 15) is 5.11 Å². The van der Waals surface area contributed by atoms with E-state index in [4.69, 9.17) is 0 Å². The first-order valence-corrected chi connectivity index (χ1v) is 8.58. The largest absolute Gasteiger partial charge is 0.387 e. The van der Waals surface area contributed by atoms with Crippen LogP contribution in [0.2, 0.25) is 0 Å². The zero-order valence-corrected chi connectivity index (χ0v) is 13.7. The van der Waals surface area contributed by atoms with Gasteiger partial charge in [-0.3, -0.25) is 4.90 Å². The lowest BCUT2D eigenvalue weighted by atomic mass is 10.1.